The normalized spacial score (nSPS) is 15.4. The summed E-state index contributed by atoms with van der Waals surface area (Å²) in [6.07, 6.45) is 5.88. The first-order valence-corrected chi connectivity index (χ1v) is 8.11. The van der Waals surface area contributed by atoms with Crippen LogP contribution in [0.5, 0.6) is 0 Å². The van der Waals surface area contributed by atoms with E-state index in [0.717, 1.165) is 43.2 Å². The molecule has 0 aromatic carbocycles. The van der Waals surface area contributed by atoms with Crippen molar-refractivity contribution in [2.24, 2.45) is 0 Å². The number of hydrogen-bond acceptors (Lipinski definition) is 4. The molecule has 1 fully saturated rings. The number of rotatable bonds is 5. The lowest BCUT2D eigenvalue weighted by molar-refractivity contribution is 0.295. The molecule has 1 saturated heterocycles. The minimum atomic E-state index is 0.509. The molecule has 0 aliphatic carbocycles. The molecule has 0 radical (unpaired) electrons. The maximum atomic E-state index is 6.09. The Morgan fingerprint density at radius 1 is 1.30 bits per heavy atom. The van der Waals surface area contributed by atoms with E-state index in [1.165, 1.54) is 0 Å². The van der Waals surface area contributed by atoms with Crippen LogP contribution < -0.4 is 5.32 Å². The summed E-state index contributed by atoms with van der Waals surface area (Å²) < 4.78 is 4.10. The summed E-state index contributed by atoms with van der Waals surface area (Å²) in [5, 5.41) is 8.65. The summed E-state index contributed by atoms with van der Waals surface area (Å²) in [5.41, 5.74) is 3.12. The van der Waals surface area contributed by atoms with Gasteiger partial charge in [-0.05, 0) is 25.2 Å². The highest BCUT2D eigenvalue weighted by molar-refractivity contribution is 6.30. The van der Waals surface area contributed by atoms with Gasteiger partial charge in [0.05, 0.1) is 28.6 Å². The minimum Gasteiger partial charge on any atom is -0.312 e. The maximum Gasteiger partial charge on any atom is 0.137 e. The van der Waals surface area contributed by atoms with Crippen LogP contribution in [0.3, 0.4) is 0 Å². The van der Waals surface area contributed by atoms with E-state index in [9.17, 15) is 0 Å². The van der Waals surface area contributed by atoms with E-state index >= 15 is 0 Å². The van der Waals surface area contributed by atoms with E-state index in [0.29, 0.717) is 11.1 Å². The summed E-state index contributed by atoms with van der Waals surface area (Å²) in [5.74, 6) is 0. The van der Waals surface area contributed by atoms with Crippen LogP contribution in [0.2, 0.25) is 5.02 Å². The molecular weight excluding hydrogens is 312 g/mol. The zero-order valence-corrected chi connectivity index (χ0v) is 13.7. The molecule has 0 saturated carbocycles. The average molecular weight is 331 g/mol. The van der Waals surface area contributed by atoms with Crippen molar-refractivity contribution in [3.63, 3.8) is 0 Å². The van der Waals surface area contributed by atoms with Gasteiger partial charge in [0, 0.05) is 38.6 Å². The average Bonchev–Trinajstić information content (AvgIpc) is 3.05. The summed E-state index contributed by atoms with van der Waals surface area (Å²) in [6.45, 7) is 3.62. The van der Waals surface area contributed by atoms with Gasteiger partial charge in [-0.1, -0.05) is 11.6 Å². The summed E-state index contributed by atoms with van der Waals surface area (Å²) in [6, 6.07) is 6.40. The van der Waals surface area contributed by atoms with Crippen molar-refractivity contribution < 1.29 is 0 Å². The number of nitrogens with one attached hydrogen (secondary N) is 1. The van der Waals surface area contributed by atoms with Crippen molar-refractivity contribution in [3.8, 4) is 0 Å². The first-order valence-electron chi connectivity index (χ1n) is 7.74. The van der Waals surface area contributed by atoms with Crippen LogP contribution in [0, 0.1) is 0 Å². The third-order valence-electron chi connectivity index (χ3n) is 4.21. The highest BCUT2D eigenvalue weighted by atomic mass is 35.5. The van der Waals surface area contributed by atoms with Crippen molar-refractivity contribution >= 4 is 17.2 Å². The van der Waals surface area contributed by atoms with Gasteiger partial charge >= 0.3 is 0 Å². The summed E-state index contributed by atoms with van der Waals surface area (Å²) >= 11 is 6.09. The third-order valence-corrected chi connectivity index (χ3v) is 4.43. The maximum absolute atomic E-state index is 6.09. The van der Waals surface area contributed by atoms with Crippen LogP contribution in [0.1, 0.15) is 17.4 Å². The fourth-order valence-electron chi connectivity index (χ4n) is 2.86. The van der Waals surface area contributed by atoms with E-state index < -0.39 is 0 Å². The van der Waals surface area contributed by atoms with Crippen LogP contribution in [-0.4, -0.2) is 44.2 Å². The lowest BCUT2D eigenvalue weighted by Crippen LogP contribution is -2.43. The van der Waals surface area contributed by atoms with Crippen molar-refractivity contribution in [3.05, 3.63) is 53.2 Å². The van der Waals surface area contributed by atoms with Gasteiger partial charge in [-0.25, -0.2) is 4.98 Å². The van der Waals surface area contributed by atoms with Crippen LogP contribution in [0.4, 0.5) is 0 Å². The Hall–Kier alpha value is -1.89. The van der Waals surface area contributed by atoms with Gasteiger partial charge in [0.2, 0.25) is 0 Å². The molecule has 6 nitrogen and oxygen atoms in total. The van der Waals surface area contributed by atoms with Gasteiger partial charge in [0.15, 0.2) is 0 Å². The first-order chi connectivity index (χ1) is 11.2. The fraction of sp³-hybridized carbons (Fsp3) is 0.375. The molecule has 4 rings (SSSR count). The first kappa shape index (κ1) is 14.7. The van der Waals surface area contributed by atoms with Crippen LogP contribution in [0.15, 0.2) is 36.8 Å². The molecule has 0 amide bonds. The number of hydrogen-bond donors (Lipinski definition) is 1. The highest BCUT2D eigenvalue weighted by Gasteiger charge is 2.19. The molecular formula is C16H19ClN6. The fourth-order valence-corrected chi connectivity index (χ4v) is 3.02. The number of pyridine rings is 1. The van der Waals surface area contributed by atoms with Gasteiger partial charge in [0.1, 0.15) is 5.65 Å². The molecule has 4 heterocycles. The standard InChI is InChI=1S/C16H19ClN6/c1-21(10-13-4-5-23(20-13)14-6-18-7-14)11-15-8-19-16-3-2-12(17)9-22(15)16/h2-5,8-9,14,18H,6-7,10-11H2,1H3. The number of fused-ring (bicyclic) bond motifs is 1. The predicted octanol–water partition coefficient (Wildman–Crippen LogP) is 1.96. The Kier molecular flexibility index (Phi) is 3.80. The van der Waals surface area contributed by atoms with Crippen LogP contribution >= 0.6 is 11.6 Å². The summed E-state index contributed by atoms with van der Waals surface area (Å²) in [7, 11) is 2.09. The van der Waals surface area contributed by atoms with Crippen LogP contribution in [0.25, 0.3) is 5.65 Å². The molecule has 1 N–H and O–H groups in total. The molecule has 0 spiro atoms. The monoisotopic (exact) mass is 330 g/mol. The Balaban J connectivity index is 1.45. The lowest BCUT2D eigenvalue weighted by atomic mass is 10.2. The predicted molar refractivity (Wildman–Crippen MR) is 89.5 cm³/mol. The second-order valence-electron chi connectivity index (χ2n) is 6.10. The molecule has 120 valence electrons. The van der Waals surface area contributed by atoms with E-state index in [-0.39, 0.29) is 0 Å². The van der Waals surface area contributed by atoms with E-state index in [1.807, 2.05) is 28.9 Å². The van der Waals surface area contributed by atoms with Gasteiger partial charge in [0.25, 0.3) is 0 Å². The van der Waals surface area contributed by atoms with E-state index in [2.05, 4.69) is 44.3 Å². The minimum absolute atomic E-state index is 0.509. The topological polar surface area (TPSA) is 50.4 Å². The molecule has 7 heteroatoms. The van der Waals surface area contributed by atoms with Gasteiger partial charge < -0.3 is 9.72 Å². The zero-order chi connectivity index (χ0) is 15.8. The molecule has 0 bridgehead atoms. The Bertz CT molecular complexity index is 819. The van der Waals surface area contributed by atoms with Crippen molar-refractivity contribution in [1.29, 1.82) is 0 Å². The number of halogens is 1. The van der Waals surface area contributed by atoms with Gasteiger partial charge in [-0.15, -0.1) is 0 Å². The summed E-state index contributed by atoms with van der Waals surface area (Å²) in [4.78, 5) is 6.65. The third kappa shape index (κ3) is 2.97. The van der Waals surface area contributed by atoms with Crippen molar-refractivity contribution in [2.75, 3.05) is 20.1 Å². The second-order valence-corrected chi connectivity index (χ2v) is 6.53. The molecule has 3 aromatic heterocycles. The number of imidazole rings is 1. The van der Waals surface area contributed by atoms with Gasteiger partial charge in [-0.2, -0.15) is 5.10 Å². The Labute approximate surface area is 139 Å². The van der Waals surface area contributed by atoms with Gasteiger partial charge in [-0.3, -0.25) is 9.58 Å². The highest BCUT2D eigenvalue weighted by Crippen LogP contribution is 2.15. The largest absolute Gasteiger partial charge is 0.312 e. The molecule has 3 aromatic rings. The van der Waals surface area contributed by atoms with E-state index in [4.69, 9.17) is 11.6 Å². The number of nitrogens with zero attached hydrogens (tertiary/aromatic N) is 5. The van der Waals surface area contributed by atoms with E-state index in [1.54, 1.807) is 0 Å². The van der Waals surface area contributed by atoms with Crippen molar-refractivity contribution in [2.45, 2.75) is 19.1 Å². The quantitative estimate of drug-likeness (QED) is 0.777. The zero-order valence-electron chi connectivity index (χ0n) is 13.0. The second kappa shape index (κ2) is 5.96. The molecule has 1 aliphatic rings. The molecule has 0 unspecified atom stereocenters. The smallest absolute Gasteiger partial charge is 0.137 e. The number of aromatic nitrogens is 4. The lowest BCUT2D eigenvalue weighted by Gasteiger charge is -2.27. The molecule has 0 atom stereocenters. The molecule has 23 heavy (non-hydrogen) atoms. The van der Waals surface area contributed by atoms with Crippen LogP contribution in [-0.2, 0) is 13.1 Å². The Morgan fingerprint density at radius 3 is 2.96 bits per heavy atom. The van der Waals surface area contributed by atoms with Crippen molar-refractivity contribution in [1.82, 2.24) is 29.4 Å². The Morgan fingerprint density at radius 2 is 2.17 bits per heavy atom. The SMILES string of the molecule is CN(Cc1ccn(C2CNC2)n1)Cc1cnc2ccc(Cl)cn12. The molecule has 1 aliphatic heterocycles.